The summed E-state index contributed by atoms with van der Waals surface area (Å²) in [5, 5.41) is 5.97. The number of nitrogens with one attached hydrogen (secondary N) is 2. The van der Waals surface area contributed by atoms with Crippen LogP contribution in [0.25, 0.3) is 0 Å². The number of hydrogen-bond acceptors (Lipinski definition) is 4. The Bertz CT molecular complexity index is 850. The lowest BCUT2D eigenvalue weighted by Crippen LogP contribution is -2.24. The summed E-state index contributed by atoms with van der Waals surface area (Å²) in [6, 6.07) is 5.36. The molecule has 1 aromatic carbocycles. The van der Waals surface area contributed by atoms with Gasteiger partial charge in [0.05, 0.1) is 17.1 Å². The maximum absolute atomic E-state index is 12.2. The van der Waals surface area contributed by atoms with Crippen LogP contribution in [0.1, 0.15) is 44.5 Å². The van der Waals surface area contributed by atoms with E-state index in [1.807, 2.05) is 26.0 Å². The van der Waals surface area contributed by atoms with Crippen molar-refractivity contribution >= 4 is 23.4 Å². The van der Waals surface area contributed by atoms with E-state index in [-0.39, 0.29) is 11.8 Å². The third-order valence-electron chi connectivity index (χ3n) is 4.24. The zero-order valence-electron chi connectivity index (χ0n) is 14.7. The topological polar surface area (TPSA) is 80.3 Å². The molecule has 1 aromatic heterocycles. The quantitative estimate of drug-likeness (QED) is 0.862. The Balaban J connectivity index is 1.89. The molecule has 6 nitrogen and oxygen atoms in total. The smallest absolute Gasteiger partial charge is 0.269 e. The number of nitrogens with zero attached hydrogens (tertiary/aromatic N) is 1. The summed E-state index contributed by atoms with van der Waals surface area (Å²) < 4.78 is 5.63. The highest BCUT2D eigenvalue weighted by atomic mass is 35.5. The summed E-state index contributed by atoms with van der Waals surface area (Å²) in [6.45, 7) is 5.16. The standard InChI is InChI=1S/C19H20ClN3O3/c1-3-21-19(25)15-5-4-12(10-23-15)8-13-9-14-17(16(20)11(13)2)26-7-6-22-18(14)24/h4-5,9-10H,3,6-8H2,1-2H3,(H,21,25)(H,22,24). The molecule has 2 N–H and O–H groups in total. The Kier molecular flexibility index (Phi) is 5.42. The molecule has 0 radical (unpaired) electrons. The maximum Gasteiger partial charge on any atom is 0.269 e. The molecule has 136 valence electrons. The summed E-state index contributed by atoms with van der Waals surface area (Å²) in [5.41, 5.74) is 3.53. The van der Waals surface area contributed by atoms with E-state index in [2.05, 4.69) is 15.6 Å². The van der Waals surface area contributed by atoms with Gasteiger partial charge in [-0.1, -0.05) is 17.7 Å². The minimum Gasteiger partial charge on any atom is -0.489 e. The SMILES string of the molecule is CCNC(=O)c1ccc(Cc2cc3c(c(Cl)c2C)OCCNC3=O)cn1. The second-order valence-electron chi connectivity index (χ2n) is 6.04. The molecular weight excluding hydrogens is 354 g/mol. The highest BCUT2D eigenvalue weighted by molar-refractivity contribution is 6.33. The van der Waals surface area contributed by atoms with Crippen molar-refractivity contribution in [3.05, 3.63) is 57.4 Å². The lowest BCUT2D eigenvalue weighted by atomic mass is 9.97. The van der Waals surface area contributed by atoms with E-state index in [1.165, 1.54) is 0 Å². The first-order valence-corrected chi connectivity index (χ1v) is 8.85. The monoisotopic (exact) mass is 373 g/mol. The van der Waals surface area contributed by atoms with Crippen LogP contribution in [0.3, 0.4) is 0 Å². The summed E-state index contributed by atoms with van der Waals surface area (Å²) in [6.07, 6.45) is 2.22. The van der Waals surface area contributed by atoms with Crippen LogP contribution in [-0.2, 0) is 6.42 Å². The van der Waals surface area contributed by atoms with Crippen LogP contribution in [0.5, 0.6) is 5.75 Å². The molecule has 1 aliphatic rings. The van der Waals surface area contributed by atoms with Crippen molar-refractivity contribution in [3.8, 4) is 5.75 Å². The third-order valence-corrected chi connectivity index (χ3v) is 4.70. The predicted octanol–water partition coefficient (Wildman–Crippen LogP) is 2.51. The predicted molar refractivity (Wildman–Crippen MR) is 99.1 cm³/mol. The molecule has 2 aromatic rings. The van der Waals surface area contributed by atoms with E-state index in [1.54, 1.807) is 12.3 Å². The summed E-state index contributed by atoms with van der Waals surface area (Å²) in [4.78, 5) is 28.3. The van der Waals surface area contributed by atoms with Crippen molar-refractivity contribution in [1.29, 1.82) is 0 Å². The zero-order valence-corrected chi connectivity index (χ0v) is 15.4. The van der Waals surface area contributed by atoms with Gasteiger partial charge in [0.1, 0.15) is 12.3 Å². The van der Waals surface area contributed by atoms with E-state index in [0.717, 1.165) is 16.7 Å². The van der Waals surface area contributed by atoms with Crippen molar-refractivity contribution in [3.63, 3.8) is 0 Å². The molecule has 0 unspecified atom stereocenters. The van der Waals surface area contributed by atoms with Crippen LogP contribution < -0.4 is 15.4 Å². The number of aromatic nitrogens is 1. The minimum absolute atomic E-state index is 0.189. The van der Waals surface area contributed by atoms with Crippen LogP contribution in [0.2, 0.25) is 5.02 Å². The van der Waals surface area contributed by atoms with Crippen molar-refractivity contribution in [1.82, 2.24) is 15.6 Å². The number of carbonyl (C=O) groups excluding carboxylic acids is 2. The molecule has 0 atom stereocenters. The van der Waals surface area contributed by atoms with E-state index < -0.39 is 0 Å². The first-order chi connectivity index (χ1) is 12.5. The van der Waals surface area contributed by atoms with Crippen LogP contribution in [0.15, 0.2) is 24.4 Å². The van der Waals surface area contributed by atoms with Crippen LogP contribution in [0, 0.1) is 6.92 Å². The van der Waals surface area contributed by atoms with E-state index in [9.17, 15) is 9.59 Å². The largest absolute Gasteiger partial charge is 0.489 e. The second kappa shape index (κ2) is 7.74. The van der Waals surface area contributed by atoms with Gasteiger partial charge in [-0.2, -0.15) is 0 Å². The first kappa shape index (κ1) is 18.2. The normalized spacial score (nSPS) is 13.3. The fourth-order valence-electron chi connectivity index (χ4n) is 2.82. The molecule has 7 heteroatoms. The molecule has 1 aliphatic heterocycles. The highest BCUT2D eigenvalue weighted by Crippen LogP contribution is 2.36. The lowest BCUT2D eigenvalue weighted by Gasteiger charge is -2.14. The minimum atomic E-state index is -0.197. The third kappa shape index (κ3) is 3.65. The first-order valence-electron chi connectivity index (χ1n) is 8.47. The van der Waals surface area contributed by atoms with Gasteiger partial charge in [-0.15, -0.1) is 0 Å². The van der Waals surface area contributed by atoms with Crippen LogP contribution in [0.4, 0.5) is 0 Å². The van der Waals surface area contributed by atoms with Gasteiger partial charge in [-0.05, 0) is 49.1 Å². The number of fused-ring (bicyclic) bond motifs is 1. The Morgan fingerprint density at radius 2 is 2.23 bits per heavy atom. The van der Waals surface area contributed by atoms with Gasteiger partial charge in [0.15, 0.2) is 5.75 Å². The van der Waals surface area contributed by atoms with Crippen LogP contribution in [-0.4, -0.2) is 36.5 Å². The average Bonchev–Trinajstić information content (AvgIpc) is 2.82. The Labute approximate surface area is 156 Å². The van der Waals surface area contributed by atoms with E-state index in [0.29, 0.717) is 48.1 Å². The molecule has 0 fully saturated rings. The molecule has 0 bridgehead atoms. The lowest BCUT2D eigenvalue weighted by molar-refractivity contribution is 0.0945. The molecule has 26 heavy (non-hydrogen) atoms. The summed E-state index contributed by atoms with van der Waals surface area (Å²) in [7, 11) is 0. The maximum atomic E-state index is 12.2. The molecule has 0 saturated heterocycles. The number of hydrogen-bond donors (Lipinski definition) is 2. The van der Waals surface area contributed by atoms with Crippen molar-refractivity contribution in [2.24, 2.45) is 0 Å². The van der Waals surface area contributed by atoms with Gasteiger partial charge in [0.25, 0.3) is 11.8 Å². The van der Waals surface area contributed by atoms with Gasteiger partial charge in [-0.3, -0.25) is 14.6 Å². The van der Waals surface area contributed by atoms with Gasteiger partial charge in [0, 0.05) is 12.7 Å². The number of pyridine rings is 1. The molecule has 0 spiro atoms. The number of benzene rings is 1. The van der Waals surface area contributed by atoms with Gasteiger partial charge >= 0.3 is 0 Å². The van der Waals surface area contributed by atoms with Crippen LogP contribution >= 0.6 is 11.6 Å². The van der Waals surface area contributed by atoms with Crippen molar-refractivity contribution in [2.45, 2.75) is 20.3 Å². The Morgan fingerprint density at radius 1 is 1.42 bits per heavy atom. The number of ether oxygens (including phenoxy) is 1. The number of rotatable bonds is 4. The second-order valence-corrected chi connectivity index (χ2v) is 6.42. The fourth-order valence-corrected chi connectivity index (χ4v) is 3.10. The van der Waals surface area contributed by atoms with Gasteiger partial charge in [0.2, 0.25) is 0 Å². The van der Waals surface area contributed by atoms with Gasteiger partial charge in [-0.25, -0.2) is 0 Å². The molecule has 2 amide bonds. The molecule has 2 heterocycles. The fraction of sp³-hybridized carbons (Fsp3) is 0.316. The Hall–Kier alpha value is -2.60. The zero-order chi connectivity index (χ0) is 18.7. The van der Waals surface area contributed by atoms with Crippen molar-refractivity contribution in [2.75, 3.05) is 19.7 Å². The molecule has 0 saturated carbocycles. The van der Waals surface area contributed by atoms with E-state index >= 15 is 0 Å². The van der Waals surface area contributed by atoms with Crippen molar-refractivity contribution < 1.29 is 14.3 Å². The molecule has 3 rings (SSSR count). The number of amides is 2. The summed E-state index contributed by atoms with van der Waals surface area (Å²) in [5.74, 6) is 0.0510. The molecular formula is C19H20ClN3O3. The summed E-state index contributed by atoms with van der Waals surface area (Å²) >= 11 is 6.45. The molecule has 0 aliphatic carbocycles. The average molecular weight is 374 g/mol. The number of carbonyl (C=O) groups is 2. The van der Waals surface area contributed by atoms with Gasteiger partial charge < -0.3 is 15.4 Å². The number of halogens is 1. The van der Waals surface area contributed by atoms with E-state index in [4.69, 9.17) is 16.3 Å². The Morgan fingerprint density at radius 3 is 2.92 bits per heavy atom. The highest BCUT2D eigenvalue weighted by Gasteiger charge is 2.22.